The smallest absolute Gasteiger partial charge is 0.119 e. The van der Waals surface area contributed by atoms with Crippen LogP contribution in [0.5, 0.6) is 5.75 Å². The molecule has 0 aromatic heterocycles. The second-order valence-corrected chi connectivity index (χ2v) is 7.17. The molecule has 3 nitrogen and oxygen atoms in total. The van der Waals surface area contributed by atoms with Crippen LogP contribution in [0.2, 0.25) is 0 Å². The number of hydrogen-bond acceptors (Lipinski definition) is 3. The van der Waals surface area contributed by atoms with E-state index in [4.69, 9.17) is 4.74 Å². The molecule has 4 rings (SSSR count). The van der Waals surface area contributed by atoms with Gasteiger partial charge in [-0.3, -0.25) is 4.90 Å². The quantitative estimate of drug-likeness (QED) is 0.910. The van der Waals surface area contributed by atoms with Crippen LogP contribution in [0.3, 0.4) is 0 Å². The van der Waals surface area contributed by atoms with Crippen molar-refractivity contribution in [3.05, 3.63) is 65.7 Å². The monoisotopic (exact) mass is 323 g/mol. The zero-order valence-corrected chi connectivity index (χ0v) is 14.0. The zero-order valence-electron chi connectivity index (χ0n) is 14.0. The van der Waals surface area contributed by atoms with E-state index >= 15 is 0 Å². The Morgan fingerprint density at radius 1 is 1.04 bits per heavy atom. The maximum Gasteiger partial charge on any atom is 0.119 e. The Hall–Kier alpha value is -1.84. The standard InChI is InChI=1S/C21H25NO2/c23-21(18-7-9-19(10-8-18)24-20-11-12-20)13-4-14-22(16-21)15-17-5-2-1-3-6-17/h1-3,5-10,20,23H,4,11-16H2. The molecule has 1 unspecified atom stereocenters. The number of likely N-dealkylation sites (tertiary alicyclic amines) is 1. The molecule has 2 aromatic rings. The average Bonchev–Trinajstić information content (AvgIpc) is 3.40. The number of rotatable bonds is 5. The second-order valence-electron chi connectivity index (χ2n) is 7.17. The van der Waals surface area contributed by atoms with Crippen LogP contribution in [0.25, 0.3) is 0 Å². The number of piperidine rings is 1. The maximum absolute atomic E-state index is 11.2. The summed E-state index contributed by atoms with van der Waals surface area (Å²) in [4.78, 5) is 2.35. The number of benzene rings is 2. The highest BCUT2D eigenvalue weighted by atomic mass is 16.5. The number of aliphatic hydroxyl groups is 1. The van der Waals surface area contributed by atoms with E-state index in [-0.39, 0.29) is 0 Å². The molecule has 1 saturated carbocycles. The van der Waals surface area contributed by atoms with Gasteiger partial charge in [0.1, 0.15) is 11.4 Å². The van der Waals surface area contributed by atoms with E-state index in [1.165, 1.54) is 18.4 Å². The first-order chi connectivity index (χ1) is 11.7. The Bertz CT molecular complexity index is 666. The van der Waals surface area contributed by atoms with Gasteiger partial charge in [-0.05, 0) is 55.5 Å². The normalized spacial score (nSPS) is 24.7. The number of ether oxygens (including phenoxy) is 1. The Balaban J connectivity index is 1.44. The van der Waals surface area contributed by atoms with Crippen molar-refractivity contribution in [2.45, 2.75) is 43.9 Å². The summed E-state index contributed by atoms with van der Waals surface area (Å²) in [5.74, 6) is 0.918. The summed E-state index contributed by atoms with van der Waals surface area (Å²) >= 11 is 0. The summed E-state index contributed by atoms with van der Waals surface area (Å²) in [5.41, 5.74) is 1.55. The third-order valence-electron chi connectivity index (χ3n) is 5.02. The molecule has 0 amide bonds. The molecule has 2 fully saturated rings. The van der Waals surface area contributed by atoms with E-state index in [0.29, 0.717) is 12.6 Å². The topological polar surface area (TPSA) is 32.7 Å². The lowest BCUT2D eigenvalue weighted by Gasteiger charge is -2.39. The van der Waals surface area contributed by atoms with Crippen LogP contribution in [0.1, 0.15) is 36.8 Å². The average molecular weight is 323 g/mol. The molecular weight excluding hydrogens is 298 g/mol. The zero-order chi connectivity index (χ0) is 16.4. The summed E-state index contributed by atoms with van der Waals surface area (Å²) in [6.07, 6.45) is 4.58. The van der Waals surface area contributed by atoms with Crippen molar-refractivity contribution < 1.29 is 9.84 Å². The largest absolute Gasteiger partial charge is 0.490 e. The van der Waals surface area contributed by atoms with Crippen molar-refractivity contribution in [2.24, 2.45) is 0 Å². The van der Waals surface area contributed by atoms with Gasteiger partial charge in [0.05, 0.1) is 6.10 Å². The van der Waals surface area contributed by atoms with E-state index in [1.807, 2.05) is 30.3 Å². The Kier molecular flexibility index (Phi) is 4.30. The van der Waals surface area contributed by atoms with Crippen LogP contribution in [-0.4, -0.2) is 29.2 Å². The van der Waals surface area contributed by atoms with Crippen molar-refractivity contribution in [1.29, 1.82) is 0 Å². The van der Waals surface area contributed by atoms with Gasteiger partial charge in [0.15, 0.2) is 0 Å². The molecule has 1 aliphatic heterocycles. The van der Waals surface area contributed by atoms with Gasteiger partial charge in [0.25, 0.3) is 0 Å². The fourth-order valence-corrected chi connectivity index (χ4v) is 3.56. The molecule has 1 heterocycles. The lowest BCUT2D eigenvalue weighted by molar-refractivity contribution is -0.0381. The molecule has 1 N–H and O–H groups in total. The highest BCUT2D eigenvalue weighted by Gasteiger charge is 2.35. The van der Waals surface area contributed by atoms with E-state index in [9.17, 15) is 5.11 Å². The van der Waals surface area contributed by atoms with Gasteiger partial charge in [-0.1, -0.05) is 42.5 Å². The first-order valence-corrected chi connectivity index (χ1v) is 8.97. The molecule has 24 heavy (non-hydrogen) atoms. The third kappa shape index (κ3) is 3.63. The van der Waals surface area contributed by atoms with Crippen molar-refractivity contribution in [3.63, 3.8) is 0 Å². The van der Waals surface area contributed by atoms with Crippen molar-refractivity contribution in [1.82, 2.24) is 4.90 Å². The predicted molar refractivity (Wildman–Crippen MR) is 94.9 cm³/mol. The second kappa shape index (κ2) is 6.58. The first kappa shape index (κ1) is 15.7. The molecule has 2 aliphatic rings. The molecule has 1 aliphatic carbocycles. The molecular formula is C21H25NO2. The summed E-state index contributed by atoms with van der Waals surface area (Å²) in [7, 11) is 0. The van der Waals surface area contributed by atoms with E-state index in [2.05, 4.69) is 29.2 Å². The van der Waals surface area contributed by atoms with E-state index in [1.54, 1.807) is 0 Å². The molecule has 1 saturated heterocycles. The van der Waals surface area contributed by atoms with Gasteiger partial charge in [-0.2, -0.15) is 0 Å². The summed E-state index contributed by atoms with van der Waals surface area (Å²) < 4.78 is 5.81. The minimum absolute atomic E-state index is 0.412. The molecule has 2 aromatic carbocycles. The third-order valence-corrected chi connectivity index (χ3v) is 5.02. The molecule has 1 atom stereocenters. The molecule has 3 heteroatoms. The minimum atomic E-state index is -0.759. The Labute approximate surface area is 143 Å². The van der Waals surface area contributed by atoms with Crippen LogP contribution in [0, 0.1) is 0 Å². The van der Waals surface area contributed by atoms with Gasteiger partial charge >= 0.3 is 0 Å². The van der Waals surface area contributed by atoms with Gasteiger partial charge in [0, 0.05) is 13.1 Å². The summed E-state index contributed by atoms with van der Waals surface area (Å²) in [6.45, 7) is 2.62. The fraction of sp³-hybridized carbons (Fsp3) is 0.429. The van der Waals surface area contributed by atoms with Crippen LogP contribution in [0.4, 0.5) is 0 Å². The van der Waals surface area contributed by atoms with Crippen LogP contribution in [0.15, 0.2) is 54.6 Å². The van der Waals surface area contributed by atoms with Crippen LogP contribution in [-0.2, 0) is 12.1 Å². The highest BCUT2D eigenvalue weighted by Crippen LogP contribution is 2.34. The molecule has 0 spiro atoms. The van der Waals surface area contributed by atoms with Crippen molar-refractivity contribution in [2.75, 3.05) is 13.1 Å². The lowest BCUT2D eigenvalue weighted by Crippen LogP contribution is -2.45. The predicted octanol–water partition coefficient (Wildman–Crippen LogP) is 3.71. The van der Waals surface area contributed by atoms with E-state index in [0.717, 1.165) is 37.2 Å². The first-order valence-electron chi connectivity index (χ1n) is 8.97. The highest BCUT2D eigenvalue weighted by molar-refractivity contribution is 5.32. The minimum Gasteiger partial charge on any atom is -0.490 e. The number of nitrogens with zero attached hydrogens (tertiary/aromatic N) is 1. The van der Waals surface area contributed by atoms with E-state index < -0.39 is 5.60 Å². The Morgan fingerprint density at radius 2 is 1.79 bits per heavy atom. The molecule has 0 bridgehead atoms. The summed E-state index contributed by atoms with van der Waals surface area (Å²) in [6, 6.07) is 18.6. The summed E-state index contributed by atoms with van der Waals surface area (Å²) in [5, 5.41) is 11.2. The lowest BCUT2D eigenvalue weighted by atomic mass is 9.85. The van der Waals surface area contributed by atoms with Crippen molar-refractivity contribution in [3.8, 4) is 5.75 Å². The van der Waals surface area contributed by atoms with Crippen LogP contribution < -0.4 is 4.74 Å². The van der Waals surface area contributed by atoms with Gasteiger partial charge in [-0.25, -0.2) is 0 Å². The van der Waals surface area contributed by atoms with Gasteiger partial charge < -0.3 is 9.84 Å². The Morgan fingerprint density at radius 3 is 2.50 bits per heavy atom. The van der Waals surface area contributed by atoms with Crippen molar-refractivity contribution >= 4 is 0 Å². The number of hydrogen-bond donors (Lipinski definition) is 1. The van der Waals surface area contributed by atoms with Crippen LogP contribution >= 0.6 is 0 Å². The maximum atomic E-state index is 11.2. The fourth-order valence-electron chi connectivity index (χ4n) is 3.56. The molecule has 126 valence electrons. The van der Waals surface area contributed by atoms with Gasteiger partial charge in [-0.15, -0.1) is 0 Å². The number of β-amino-alcohol motifs (C(OH)–C–C–N with tert-alkyl or cyclic N) is 1. The molecule has 0 radical (unpaired) electrons. The van der Waals surface area contributed by atoms with Gasteiger partial charge in [0.2, 0.25) is 0 Å². The SMILES string of the molecule is OC1(c2ccc(OC3CC3)cc2)CCCN(Cc2ccccc2)C1.